The van der Waals surface area contributed by atoms with E-state index in [0.29, 0.717) is 71.1 Å². The Bertz CT molecular complexity index is 1750. The van der Waals surface area contributed by atoms with Crippen LogP contribution in [0.2, 0.25) is 0 Å². The molecule has 5 aromatic rings. The van der Waals surface area contributed by atoms with Crippen LogP contribution in [-0.2, 0) is 0 Å². The van der Waals surface area contributed by atoms with E-state index in [1.165, 1.54) is 12.1 Å². The fourth-order valence-corrected chi connectivity index (χ4v) is 5.50. The van der Waals surface area contributed by atoms with E-state index in [2.05, 4.69) is 16.2 Å². The van der Waals surface area contributed by atoms with Gasteiger partial charge in [-0.15, -0.1) is 0 Å². The minimum Gasteiger partial charge on any atom is -0.389 e. The van der Waals surface area contributed by atoms with Gasteiger partial charge in [-0.1, -0.05) is 0 Å². The molecule has 1 atom stereocenters. The van der Waals surface area contributed by atoms with Crippen LogP contribution < -0.4 is 9.80 Å². The number of aliphatic hydroxyl groups is 1. The molecule has 5 heterocycles. The van der Waals surface area contributed by atoms with E-state index in [0.717, 1.165) is 18.2 Å². The number of nitrogens with one attached hydrogen (secondary N) is 1. The standard InChI is InChI=1S/C27H22F2N8O/c28-16-3-4-20(29)18(9-16)23-2-1-6-36(23)25-5-7-37-27(34-25)19(12-31-37)26-32-21-8-15(11-30)24(10-22(21)33-26)35-13-17(38)14-35/h3-5,7-10,12,17,23,38H,1-2,6,13-14H2,(H,32,33)/t23-/m1/s1. The number of aliphatic hydroxyl groups excluding tert-OH is 1. The Morgan fingerprint density at radius 1 is 1.11 bits per heavy atom. The number of nitrogens with zero attached hydrogens (tertiary/aromatic N) is 7. The van der Waals surface area contributed by atoms with Gasteiger partial charge in [-0.2, -0.15) is 10.4 Å². The van der Waals surface area contributed by atoms with Crippen molar-refractivity contribution in [2.45, 2.75) is 25.0 Å². The molecule has 0 aliphatic carbocycles. The van der Waals surface area contributed by atoms with Crippen LogP contribution in [0.1, 0.15) is 30.0 Å². The first-order chi connectivity index (χ1) is 18.5. The van der Waals surface area contributed by atoms with Crippen molar-refractivity contribution in [1.29, 1.82) is 5.26 Å². The molecule has 9 nitrogen and oxygen atoms in total. The first-order valence-electron chi connectivity index (χ1n) is 12.4. The van der Waals surface area contributed by atoms with Crippen molar-refractivity contribution in [2.75, 3.05) is 29.4 Å². The van der Waals surface area contributed by atoms with Gasteiger partial charge in [0.1, 0.15) is 29.3 Å². The molecule has 2 aliphatic heterocycles. The monoisotopic (exact) mass is 512 g/mol. The van der Waals surface area contributed by atoms with Crippen LogP contribution in [0, 0.1) is 23.0 Å². The van der Waals surface area contributed by atoms with Crippen molar-refractivity contribution in [3.8, 4) is 17.5 Å². The van der Waals surface area contributed by atoms with Gasteiger partial charge >= 0.3 is 0 Å². The average Bonchev–Trinajstić information content (AvgIpc) is 3.64. The number of rotatable bonds is 4. The number of hydrogen-bond acceptors (Lipinski definition) is 7. The Labute approximate surface area is 215 Å². The number of aromatic amines is 1. The smallest absolute Gasteiger partial charge is 0.168 e. The third-order valence-electron chi connectivity index (χ3n) is 7.40. The number of fused-ring (bicyclic) bond motifs is 2. The summed E-state index contributed by atoms with van der Waals surface area (Å²) in [5.41, 5.74) is 4.21. The maximum atomic E-state index is 14.6. The Morgan fingerprint density at radius 2 is 1.97 bits per heavy atom. The third kappa shape index (κ3) is 3.56. The molecule has 0 spiro atoms. The van der Waals surface area contributed by atoms with Crippen molar-refractivity contribution >= 4 is 28.2 Å². The van der Waals surface area contributed by atoms with Gasteiger partial charge in [0.25, 0.3) is 0 Å². The van der Waals surface area contributed by atoms with Crippen LogP contribution in [0.5, 0.6) is 0 Å². The van der Waals surface area contributed by atoms with Gasteiger partial charge < -0.3 is 19.9 Å². The predicted molar refractivity (Wildman–Crippen MR) is 137 cm³/mol. The molecule has 190 valence electrons. The summed E-state index contributed by atoms with van der Waals surface area (Å²) in [7, 11) is 0. The number of hydrogen-bond donors (Lipinski definition) is 2. The van der Waals surface area contributed by atoms with Crippen molar-refractivity contribution in [1.82, 2.24) is 24.6 Å². The number of β-amino-alcohol motifs (C(OH)–C–C–N with tert-alkyl or cyclic N) is 1. The summed E-state index contributed by atoms with van der Waals surface area (Å²) in [5, 5.41) is 23.8. The highest BCUT2D eigenvalue weighted by Crippen LogP contribution is 2.37. The van der Waals surface area contributed by atoms with Crippen LogP contribution in [0.3, 0.4) is 0 Å². The summed E-state index contributed by atoms with van der Waals surface area (Å²) in [6, 6.07) is 10.9. The van der Waals surface area contributed by atoms with Gasteiger partial charge in [0.2, 0.25) is 0 Å². The number of benzene rings is 2. The van der Waals surface area contributed by atoms with E-state index >= 15 is 0 Å². The van der Waals surface area contributed by atoms with Crippen LogP contribution in [-0.4, -0.2) is 55.4 Å². The SMILES string of the molecule is N#Cc1cc2[nH]c(-c3cnn4ccc(N5CCC[C@@H]5c5cc(F)ccc5F)nc34)nc2cc1N1CC(O)C1. The molecule has 2 saturated heterocycles. The Kier molecular flexibility index (Phi) is 5.06. The minimum absolute atomic E-state index is 0.318. The summed E-state index contributed by atoms with van der Waals surface area (Å²) >= 11 is 0. The second-order valence-corrected chi connectivity index (χ2v) is 9.77. The number of anilines is 2. The molecule has 0 amide bonds. The van der Waals surface area contributed by atoms with Crippen molar-refractivity contribution < 1.29 is 13.9 Å². The topological polar surface area (TPSA) is 109 Å². The molecule has 3 aromatic heterocycles. The molecule has 7 rings (SSSR count). The zero-order valence-electron chi connectivity index (χ0n) is 20.1. The maximum absolute atomic E-state index is 14.6. The van der Waals surface area contributed by atoms with Gasteiger partial charge in [-0.3, -0.25) is 0 Å². The van der Waals surface area contributed by atoms with E-state index in [1.54, 1.807) is 23.0 Å². The summed E-state index contributed by atoms with van der Waals surface area (Å²) in [6.07, 6.45) is 4.61. The lowest BCUT2D eigenvalue weighted by Crippen LogP contribution is -2.51. The maximum Gasteiger partial charge on any atom is 0.168 e. The number of aromatic nitrogens is 5. The van der Waals surface area contributed by atoms with Gasteiger partial charge in [-0.25, -0.2) is 23.3 Å². The lowest BCUT2D eigenvalue weighted by molar-refractivity contribution is 0.142. The largest absolute Gasteiger partial charge is 0.389 e. The highest BCUT2D eigenvalue weighted by Gasteiger charge is 2.30. The highest BCUT2D eigenvalue weighted by atomic mass is 19.1. The van der Waals surface area contributed by atoms with Crippen LogP contribution in [0.4, 0.5) is 20.3 Å². The summed E-state index contributed by atoms with van der Waals surface area (Å²) in [4.78, 5) is 16.9. The second kappa shape index (κ2) is 8.49. The number of imidazole rings is 1. The Balaban J connectivity index is 1.28. The Hall–Kier alpha value is -4.56. The van der Waals surface area contributed by atoms with E-state index in [4.69, 9.17) is 9.97 Å². The minimum atomic E-state index is -0.465. The van der Waals surface area contributed by atoms with Gasteiger partial charge in [0, 0.05) is 31.4 Å². The summed E-state index contributed by atoms with van der Waals surface area (Å²) in [5.74, 6) is 0.304. The second-order valence-electron chi connectivity index (χ2n) is 9.77. The molecule has 0 radical (unpaired) electrons. The van der Waals surface area contributed by atoms with Gasteiger partial charge in [0.05, 0.1) is 46.2 Å². The molecule has 2 fully saturated rings. The van der Waals surface area contributed by atoms with Crippen molar-refractivity contribution in [3.05, 3.63) is 71.6 Å². The zero-order valence-corrected chi connectivity index (χ0v) is 20.1. The van der Waals surface area contributed by atoms with E-state index in [1.807, 2.05) is 21.9 Å². The molecule has 0 bridgehead atoms. The number of halogens is 2. The first-order valence-corrected chi connectivity index (χ1v) is 12.4. The Morgan fingerprint density at radius 3 is 2.79 bits per heavy atom. The molecule has 38 heavy (non-hydrogen) atoms. The van der Waals surface area contributed by atoms with Gasteiger partial charge in [-0.05, 0) is 49.2 Å². The number of H-pyrrole nitrogens is 1. The van der Waals surface area contributed by atoms with Crippen molar-refractivity contribution in [2.24, 2.45) is 0 Å². The fraction of sp³-hybridized carbons (Fsp3) is 0.259. The van der Waals surface area contributed by atoms with Crippen LogP contribution in [0.25, 0.3) is 28.1 Å². The molecular weight excluding hydrogens is 490 g/mol. The molecule has 0 unspecified atom stereocenters. The third-order valence-corrected chi connectivity index (χ3v) is 7.40. The molecule has 0 saturated carbocycles. The summed E-state index contributed by atoms with van der Waals surface area (Å²) in [6.45, 7) is 1.63. The molecule has 2 N–H and O–H groups in total. The quantitative estimate of drug-likeness (QED) is 0.375. The molecule has 2 aromatic carbocycles. The lowest BCUT2D eigenvalue weighted by atomic mass is 10.0. The lowest BCUT2D eigenvalue weighted by Gasteiger charge is -2.38. The highest BCUT2D eigenvalue weighted by molar-refractivity contribution is 5.88. The van der Waals surface area contributed by atoms with Crippen LogP contribution >= 0.6 is 0 Å². The normalized spacial score (nSPS) is 17.9. The average molecular weight is 513 g/mol. The number of nitriles is 1. The fourth-order valence-electron chi connectivity index (χ4n) is 5.50. The van der Waals surface area contributed by atoms with Crippen molar-refractivity contribution in [3.63, 3.8) is 0 Å². The van der Waals surface area contributed by atoms with E-state index in [9.17, 15) is 19.1 Å². The predicted octanol–water partition coefficient (Wildman–Crippen LogP) is 3.94. The van der Waals surface area contributed by atoms with Gasteiger partial charge in [0.15, 0.2) is 5.65 Å². The van der Waals surface area contributed by atoms with E-state index < -0.39 is 17.7 Å². The van der Waals surface area contributed by atoms with E-state index in [-0.39, 0.29) is 6.04 Å². The molecule has 2 aliphatic rings. The molecule has 11 heteroatoms. The zero-order chi connectivity index (χ0) is 26.0. The van der Waals surface area contributed by atoms with Crippen LogP contribution in [0.15, 0.2) is 48.8 Å². The first kappa shape index (κ1) is 22.6. The molecular formula is C27H22F2N8O. The summed E-state index contributed by atoms with van der Waals surface area (Å²) < 4.78 is 30.2.